The van der Waals surface area contributed by atoms with E-state index < -0.39 is 0 Å². The molecule has 1 fully saturated rings. The van der Waals surface area contributed by atoms with Crippen LogP contribution >= 0.6 is 11.3 Å². The van der Waals surface area contributed by atoms with Gasteiger partial charge in [-0.05, 0) is 49.5 Å². The highest BCUT2D eigenvalue weighted by molar-refractivity contribution is 7.17. The first kappa shape index (κ1) is 23.4. The Hall–Kier alpha value is -3.79. The van der Waals surface area contributed by atoms with E-state index in [-0.39, 0.29) is 11.8 Å². The van der Waals surface area contributed by atoms with E-state index >= 15 is 0 Å². The number of amides is 2. The number of rotatable bonds is 8. The molecule has 1 atom stereocenters. The lowest BCUT2D eigenvalue weighted by Gasteiger charge is -2.14. The largest absolute Gasteiger partial charge is 0.354 e. The number of benzene rings is 1. The number of aromatic nitrogens is 3. The zero-order valence-electron chi connectivity index (χ0n) is 19.2. The molecule has 1 aliphatic rings. The van der Waals surface area contributed by atoms with Gasteiger partial charge >= 0.3 is 0 Å². The molecule has 2 aromatic heterocycles. The van der Waals surface area contributed by atoms with Crippen LogP contribution in [0.1, 0.15) is 27.2 Å². The van der Waals surface area contributed by atoms with Gasteiger partial charge < -0.3 is 20.9 Å². The molecule has 3 aromatic rings. The summed E-state index contributed by atoms with van der Waals surface area (Å²) in [5, 5.41) is 9.92. The number of thiazole rings is 1. The van der Waals surface area contributed by atoms with Crippen molar-refractivity contribution in [2.75, 3.05) is 35.6 Å². The molecule has 34 heavy (non-hydrogen) atoms. The van der Waals surface area contributed by atoms with E-state index in [0.29, 0.717) is 40.8 Å². The molecule has 0 aliphatic carbocycles. The summed E-state index contributed by atoms with van der Waals surface area (Å²) >= 11 is 1.25. The molecule has 176 valence electrons. The predicted octanol–water partition coefficient (Wildman–Crippen LogP) is 3.99. The van der Waals surface area contributed by atoms with Crippen molar-refractivity contribution >= 4 is 45.7 Å². The van der Waals surface area contributed by atoms with Crippen molar-refractivity contribution in [1.82, 2.24) is 19.9 Å². The molecule has 3 heterocycles. The van der Waals surface area contributed by atoms with Crippen molar-refractivity contribution in [1.29, 1.82) is 0 Å². The van der Waals surface area contributed by atoms with Crippen LogP contribution in [-0.2, 0) is 4.79 Å². The molecule has 2 amide bonds. The maximum Gasteiger partial charge on any atom is 0.267 e. The second-order valence-electron chi connectivity index (χ2n) is 8.17. The summed E-state index contributed by atoms with van der Waals surface area (Å²) in [6, 6.07) is 7.63. The quantitative estimate of drug-likeness (QED) is 0.421. The van der Waals surface area contributed by atoms with Crippen molar-refractivity contribution in [3.8, 4) is 0 Å². The molecule has 0 bridgehead atoms. The molecule has 1 aliphatic heterocycles. The van der Waals surface area contributed by atoms with E-state index in [1.165, 1.54) is 17.4 Å². The van der Waals surface area contributed by atoms with Gasteiger partial charge in [0, 0.05) is 31.5 Å². The number of hydrogen-bond donors (Lipinski definition) is 3. The Morgan fingerprint density at radius 1 is 1.24 bits per heavy atom. The van der Waals surface area contributed by atoms with Crippen molar-refractivity contribution < 1.29 is 9.59 Å². The molecular weight excluding hydrogens is 450 g/mol. The normalized spacial score (nSPS) is 15.1. The number of aryl methyl sites for hydroxylation is 2. The lowest BCUT2D eigenvalue weighted by atomic mass is 10.1. The first-order chi connectivity index (χ1) is 16.4. The number of carbonyl (C=O) groups is 2. The summed E-state index contributed by atoms with van der Waals surface area (Å²) in [4.78, 5) is 39.8. The number of nitrogens with zero attached hydrogens (tertiary/aromatic N) is 4. The van der Waals surface area contributed by atoms with Gasteiger partial charge in [-0.25, -0.2) is 9.97 Å². The first-order valence-corrected chi connectivity index (χ1v) is 11.8. The Balaban J connectivity index is 1.33. The maximum atomic E-state index is 12.7. The first-order valence-electron chi connectivity index (χ1n) is 11.0. The van der Waals surface area contributed by atoms with E-state index in [1.54, 1.807) is 23.4 Å². The second kappa shape index (κ2) is 10.4. The van der Waals surface area contributed by atoms with Crippen LogP contribution < -0.4 is 16.0 Å². The fourth-order valence-electron chi connectivity index (χ4n) is 3.81. The highest BCUT2D eigenvalue weighted by atomic mass is 32.1. The molecule has 1 unspecified atom stereocenters. The number of para-hydroxylation sites is 1. The zero-order valence-corrected chi connectivity index (χ0v) is 20.0. The molecule has 1 aromatic carbocycles. The van der Waals surface area contributed by atoms with Gasteiger partial charge in [0.1, 0.15) is 10.7 Å². The van der Waals surface area contributed by atoms with Crippen LogP contribution in [0, 0.1) is 19.8 Å². The molecule has 0 spiro atoms. The SMILES string of the molecule is C=CC(=O)N1CCC(CNc2nccc(Nc3ncc(C(=O)Nc4c(C)cccc4C)s3)n2)C1. The standard InChI is InChI=1S/C24H27N7O2S/c1-4-20(32)31-11-9-17(14-31)12-26-23-25-10-8-19(28-23)29-24-27-13-18(34-24)22(33)30-21-15(2)6-5-7-16(21)3/h4-8,10,13,17H,1,9,11-12,14H2,2-3H3,(H,30,33)(H2,25,26,27,28,29). The summed E-state index contributed by atoms with van der Waals surface area (Å²) in [6.07, 6.45) is 5.48. The van der Waals surface area contributed by atoms with Crippen molar-refractivity contribution in [3.63, 3.8) is 0 Å². The second-order valence-corrected chi connectivity index (χ2v) is 9.20. The Morgan fingerprint density at radius 2 is 2.03 bits per heavy atom. The van der Waals surface area contributed by atoms with E-state index in [9.17, 15) is 9.59 Å². The molecule has 3 N–H and O–H groups in total. The van der Waals surface area contributed by atoms with Crippen LogP contribution in [0.25, 0.3) is 0 Å². The maximum absolute atomic E-state index is 12.7. The van der Waals surface area contributed by atoms with Gasteiger partial charge in [-0.3, -0.25) is 9.59 Å². The zero-order chi connectivity index (χ0) is 24.1. The number of nitrogens with one attached hydrogen (secondary N) is 3. The topological polar surface area (TPSA) is 112 Å². The molecular formula is C24H27N7O2S. The van der Waals surface area contributed by atoms with Gasteiger partial charge in [-0.15, -0.1) is 0 Å². The summed E-state index contributed by atoms with van der Waals surface area (Å²) in [5.41, 5.74) is 2.84. The van der Waals surface area contributed by atoms with E-state index in [2.05, 4.69) is 37.5 Å². The summed E-state index contributed by atoms with van der Waals surface area (Å²) in [5.74, 6) is 1.16. The van der Waals surface area contributed by atoms with Crippen LogP contribution in [0.2, 0.25) is 0 Å². The van der Waals surface area contributed by atoms with Crippen LogP contribution in [-0.4, -0.2) is 51.3 Å². The highest BCUT2D eigenvalue weighted by Crippen LogP contribution is 2.25. The Labute approximate surface area is 202 Å². The minimum Gasteiger partial charge on any atom is -0.354 e. The van der Waals surface area contributed by atoms with Gasteiger partial charge in [0.2, 0.25) is 11.9 Å². The van der Waals surface area contributed by atoms with Gasteiger partial charge in [-0.2, -0.15) is 4.98 Å². The minimum atomic E-state index is -0.200. The monoisotopic (exact) mass is 477 g/mol. The summed E-state index contributed by atoms with van der Waals surface area (Å²) in [6.45, 7) is 9.58. The predicted molar refractivity (Wildman–Crippen MR) is 135 cm³/mol. The average molecular weight is 478 g/mol. The number of likely N-dealkylation sites (tertiary alicyclic amines) is 1. The molecule has 0 radical (unpaired) electrons. The van der Waals surface area contributed by atoms with Crippen LogP contribution in [0.5, 0.6) is 0 Å². The lowest BCUT2D eigenvalue weighted by molar-refractivity contribution is -0.125. The van der Waals surface area contributed by atoms with Gasteiger partial charge in [0.25, 0.3) is 5.91 Å². The average Bonchev–Trinajstić information content (AvgIpc) is 3.50. The van der Waals surface area contributed by atoms with Crippen LogP contribution in [0.15, 0.2) is 49.3 Å². The highest BCUT2D eigenvalue weighted by Gasteiger charge is 2.24. The smallest absolute Gasteiger partial charge is 0.267 e. The molecule has 9 nitrogen and oxygen atoms in total. The lowest BCUT2D eigenvalue weighted by Crippen LogP contribution is -2.28. The number of anilines is 4. The van der Waals surface area contributed by atoms with Crippen molar-refractivity contribution in [2.24, 2.45) is 5.92 Å². The fraction of sp³-hybridized carbons (Fsp3) is 0.292. The van der Waals surface area contributed by atoms with Gasteiger partial charge in [0.15, 0.2) is 5.13 Å². The number of hydrogen-bond acceptors (Lipinski definition) is 8. The van der Waals surface area contributed by atoms with Crippen molar-refractivity contribution in [2.45, 2.75) is 20.3 Å². The van der Waals surface area contributed by atoms with Crippen molar-refractivity contribution in [3.05, 3.63) is 65.3 Å². The summed E-state index contributed by atoms with van der Waals surface area (Å²) in [7, 11) is 0. The third-order valence-corrected chi connectivity index (χ3v) is 6.57. The summed E-state index contributed by atoms with van der Waals surface area (Å²) < 4.78 is 0. The molecule has 4 rings (SSSR count). The van der Waals surface area contributed by atoms with Crippen LogP contribution in [0.4, 0.5) is 22.6 Å². The van der Waals surface area contributed by atoms with E-state index in [1.807, 2.05) is 32.0 Å². The fourth-order valence-corrected chi connectivity index (χ4v) is 4.53. The van der Waals surface area contributed by atoms with Crippen LogP contribution in [0.3, 0.4) is 0 Å². The van der Waals surface area contributed by atoms with E-state index in [4.69, 9.17) is 0 Å². The Morgan fingerprint density at radius 3 is 2.79 bits per heavy atom. The molecule has 10 heteroatoms. The van der Waals surface area contributed by atoms with Gasteiger partial charge in [0.05, 0.1) is 6.20 Å². The third-order valence-electron chi connectivity index (χ3n) is 5.66. The Kier molecular flexibility index (Phi) is 7.17. The number of carbonyl (C=O) groups excluding carboxylic acids is 2. The Bertz CT molecular complexity index is 1190. The van der Waals surface area contributed by atoms with E-state index in [0.717, 1.165) is 29.8 Å². The third kappa shape index (κ3) is 5.57. The minimum absolute atomic E-state index is 0.0320. The van der Waals surface area contributed by atoms with Gasteiger partial charge in [-0.1, -0.05) is 36.1 Å². The molecule has 1 saturated heterocycles. The molecule has 0 saturated carbocycles.